The van der Waals surface area contributed by atoms with Crippen LogP contribution in [0.5, 0.6) is 0 Å². The van der Waals surface area contributed by atoms with Crippen LogP contribution in [0.4, 0.5) is 11.5 Å². The molecule has 0 saturated carbocycles. The van der Waals surface area contributed by atoms with E-state index in [1.54, 1.807) is 24.5 Å². The van der Waals surface area contributed by atoms with Crippen molar-refractivity contribution in [2.75, 3.05) is 10.6 Å². The molecule has 0 aliphatic rings. The number of pyridine rings is 1. The smallest absolute Gasteiger partial charge is 0.276 e. The molecule has 7 heteroatoms. The van der Waals surface area contributed by atoms with Crippen LogP contribution in [-0.4, -0.2) is 21.1 Å². The molecule has 0 saturated heterocycles. The van der Waals surface area contributed by atoms with E-state index in [0.29, 0.717) is 18.1 Å². The Labute approximate surface area is 153 Å². The van der Waals surface area contributed by atoms with E-state index in [0.717, 1.165) is 15.6 Å². The van der Waals surface area contributed by atoms with Crippen LogP contribution < -0.4 is 10.6 Å². The Hall–Kier alpha value is -2.80. The zero-order valence-corrected chi connectivity index (χ0v) is 15.1. The second-order valence-corrected chi connectivity index (χ2v) is 6.29. The molecule has 6 nitrogen and oxygen atoms in total. The Balaban J connectivity index is 1.61. The molecule has 0 atom stereocenters. The lowest BCUT2D eigenvalue weighted by atomic mass is 10.2. The second-order valence-electron chi connectivity index (χ2n) is 5.44. The van der Waals surface area contributed by atoms with Crippen molar-refractivity contribution in [2.45, 2.75) is 13.5 Å². The third kappa shape index (κ3) is 4.60. The van der Waals surface area contributed by atoms with Gasteiger partial charge >= 0.3 is 0 Å². The van der Waals surface area contributed by atoms with Gasteiger partial charge in [-0.05, 0) is 48.4 Å². The van der Waals surface area contributed by atoms with Crippen molar-refractivity contribution in [2.24, 2.45) is 0 Å². The molecule has 0 bridgehead atoms. The fraction of sp³-hybridized carbons (Fsp3) is 0.111. The van der Waals surface area contributed by atoms with E-state index < -0.39 is 0 Å². The Kier molecular flexibility index (Phi) is 5.35. The third-order valence-electron chi connectivity index (χ3n) is 3.52. The van der Waals surface area contributed by atoms with Gasteiger partial charge in [-0.3, -0.25) is 9.78 Å². The molecule has 25 heavy (non-hydrogen) atoms. The molecule has 0 fully saturated rings. The van der Waals surface area contributed by atoms with Gasteiger partial charge in [0.05, 0.1) is 0 Å². The van der Waals surface area contributed by atoms with Gasteiger partial charge in [-0.15, -0.1) is 10.2 Å². The second kappa shape index (κ2) is 7.85. The summed E-state index contributed by atoms with van der Waals surface area (Å²) in [4.78, 5) is 16.3. The van der Waals surface area contributed by atoms with Crippen molar-refractivity contribution in [3.05, 3.63) is 76.2 Å². The largest absolute Gasteiger partial charge is 0.364 e. The van der Waals surface area contributed by atoms with Gasteiger partial charge in [0.1, 0.15) is 5.82 Å². The molecule has 0 spiro atoms. The van der Waals surface area contributed by atoms with Crippen LogP contribution in [0.2, 0.25) is 0 Å². The Morgan fingerprint density at radius 2 is 2.04 bits per heavy atom. The molecule has 0 unspecified atom stereocenters. The van der Waals surface area contributed by atoms with Gasteiger partial charge in [0.25, 0.3) is 5.91 Å². The van der Waals surface area contributed by atoms with E-state index in [1.807, 2.05) is 37.3 Å². The van der Waals surface area contributed by atoms with Crippen LogP contribution in [0.25, 0.3) is 0 Å². The maximum atomic E-state index is 12.2. The molecule has 1 amide bonds. The standard InChI is InChI=1S/C18H16BrN5O/c1-12-4-5-14(9-15(12)19)22-18(25)16-6-7-17(24-23-16)21-11-13-3-2-8-20-10-13/h2-10H,11H2,1H3,(H,21,24)(H,22,25). The molecule has 0 radical (unpaired) electrons. The average Bonchev–Trinajstić information content (AvgIpc) is 2.64. The minimum atomic E-state index is -0.304. The summed E-state index contributed by atoms with van der Waals surface area (Å²) in [6, 6.07) is 12.8. The quantitative estimate of drug-likeness (QED) is 0.684. The molecule has 2 N–H and O–H groups in total. The number of benzene rings is 1. The summed E-state index contributed by atoms with van der Waals surface area (Å²) in [5, 5.41) is 14.0. The Morgan fingerprint density at radius 3 is 2.72 bits per heavy atom. The van der Waals surface area contributed by atoms with Crippen LogP contribution in [0, 0.1) is 6.92 Å². The van der Waals surface area contributed by atoms with Gasteiger partial charge in [-0.2, -0.15) is 0 Å². The van der Waals surface area contributed by atoms with Gasteiger partial charge in [0.15, 0.2) is 5.69 Å². The van der Waals surface area contributed by atoms with Crippen molar-refractivity contribution in [1.82, 2.24) is 15.2 Å². The number of carbonyl (C=O) groups excluding carboxylic acids is 1. The summed E-state index contributed by atoms with van der Waals surface area (Å²) >= 11 is 3.45. The number of hydrogen-bond donors (Lipinski definition) is 2. The minimum absolute atomic E-state index is 0.253. The normalized spacial score (nSPS) is 10.3. The average molecular weight is 398 g/mol. The summed E-state index contributed by atoms with van der Waals surface area (Å²) in [7, 11) is 0. The highest BCUT2D eigenvalue weighted by molar-refractivity contribution is 9.10. The monoisotopic (exact) mass is 397 g/mol. The number of hydrogen-bond acceptors (Lipinski definition) is 5. The first-order chi connectivity index (χ1) is 12.1. The molecule has 0 aliphatic heterocycles. The number of carbonyl (C=O) groups is 1. The van der Waals surface area contributed by atoms with Crippen molar-refractivity contribution in [3.63, 3.8) is 0 Å². The number of nitrogens with zero attached hydrogens (tertiary/aromatic N) is 3. The maximum Gasteiger partial charge on any atom is 0.276 e. The first-order valence-corrected chi connectivity index (χ1v) is 8.45. The van der Waals surface area contributed by atoms with E-state index in [9.17, 15) is 4.79 Å². The van der Waals surface area contributed by atoms with Crippen LogP contribution in [0.1, 0.15) is 21.6 Å². The number of rotatable bonds is 5. The van der Waals surface area contributed by atoms with Crippen molar-refractivity contribution in [3.8, 4) is 0 Å². The summed E-state index contributed by atoms with van der Waals surface area (Å²) < 4.78 is 0.936. The number of anilines is 2. The Bertz CT molecular complexity index is 868. The molecule has 2 heterocycles. The van der Waals surface area contributed by atoms with Crippen molar-refractivity contribution in [1.29, 1.82) is 0 Å². The molecule has 126 valence electrons. The van der Waals surface area contributed by atoms with Crippen molar-refractivity contribution < 1.29 is 4.79 Å². The highest BCUT2D eigenvalue weighted by Gasteiger charge is 2.09. The molecule has 3 aromatic rings. The lowest BCUT2D eigenvalue weighted by Crippen LogP contribution is -2.15. The SMILES string of the molecule is Cc1ccc(NC(=O)c2ccc(NCc3cccnc3)nn2)cc1Br. The number of aromatic nitrogens is 3. The predicted molar refractivity (Wildman–Crippen MR) is 100 cm³/mol. The predicted octanol–water partition coefficient (Wildman–Crippen LogP) is 3.81. The fourth-order valence-electron chi connectivity index (χ4n) is 2.11. The summed E-state index contributed by atoms with van der Waals surface area (Å²) in [6.07, 6.45) is 3.51. The van der Waals surface area contributed by atoms with Gasteiger partial charge < -0.3 is 10.6 Å². The van der Waals surface area contributed by atoms with E-state index in [-0.39, 0.29) is 11.6 Å². The fourth-order valence-corrected chi connectivity index (χ4v) is 2.49. The van der Waals surface area contributed by atoms with E-state index in [1.165, 1.54) is 0 Å². The van der Waals surface area contributed by atoms with Gasteiger partial charge in [0, 0.05) is 29.1 Å². The first-order valence-electron chi connectivity index (χ1n) is 7.66. The van der Waals surface area contributed by atoms with E-state index in [4.69, 9.17) is 0 Å². The van der Waals surface area contributed by atoms with Crippen LogP contribution >= 0.6 is 15.9 Å². The summed E-state index contributed by atoms with van der Waals surface area (Å²) in [6.45, 7) is 2.57. The number of nitrogens with one attached hydrogen (secondary N) is 2. The molecular formula is C18H16BrN5O. The highest BCUT2D eigenvalue weighted by Crippen LogP contribution is 2.21. The van der Waals surface area contributed by atoms with Gasteiger partial charge in [-0.1, -0.05) is 28.1 Å². The lowest BCUT2D eigenvalue weighted by molar-refractivity contribution is 0.102. The summed E-state index contributed by atoms with van der Waals surface area (Å²) in [5.41, 5.74) is 3.09. The maximum absolute atomic E-state index is 12.2. The van der Waals surface area contributed by atoms with Crippen LogP contribution in [0.15, 0.2) is 59.3 Å². The third-order valence-corrected chi connectivity index (χ3v) is 4.38. The minimum Gasteiger partial charge on any atom is -0.364 e. The van der Waals surface area contributed by atoms with E-state index in [2.05, 4.69) is 41.7 Å². The summed E-state index contributed by atoms with van der Waals surface area (Å²) in [5.74, 6) is 0.292. The molecule has 2 aromatic heterocycles. The van der Waals surface area contributed by atoms with Crippen molar-refractivity contribution >= 4 is 33.3 Å². The Morgan fingerprint density at radius 1 is 1.16 bits per heavy atom. The van der Waals surface area contributed by atoms with Crippen LogP contribution in [0.3, 0.4) is 0 Å². The molecule has 1 aromatic carbocycles. The van der Waals surface area contributed by atoms with E-state index >= 15 is 0 Å². The lowest BCUT2D eigenvalue weighted by Gasteiger charge is -2.07. The zero-order chi connectivity index (χ0) is 17.6. The molecule has 0 aliphatic carbocycles. The topological polar surface area (TPSA) is 79.8 Å². The van der Waals surface area contributed by atoms with Crippen LogP contribution in [-0.2, 0) is 6.54 Å². The number of aryl methyl sites for hydroxylation is 1. The van der Waals surface area contributed by atoms with Gasteiger partial charge in [0.2, 0.25) is 0 Å². The highest BCUT2D eigenvalue weighted by atomic mass is 79.9. The molecule has 3 rings (SSSR count). The number of amides is 1. The first kappa shape index (κ1) is 17.0. The molecular weight excluding hydrogens is 382 g/mol. The van der Waals surface area contributed by atoms with Gasteiger partial charge in [-0.25, -0.2) is 0 Å². The zero-order valence-electron chi connectivity index (χ0n) is 13.5. The number of halogens is 1.